The van der Waals surface area contributed by atoms with E-state index in [1.165, 1.54) is 10.4 Å². The summed E-state index contributed by atoms with van der Waals surface area (Å²) in [5.41, 5.74) is 6.27. The minimum absolute atomic E-state index is 0.0722. The number of sulfonamides is 1. The Morgan fingerprint density at radius 3 is 2.79 bits per heavy atom. The quantitative estimate of drug-likeness (QED) is 0.920. The van der Waals surface area contributed by atoms with Crippen LogP contribution >= 0.6 is 23.4 Å². The summed E-state index contributed by atoms with van der Waals surface area (Å²) >= 11 is 7.82. The summed E-state index contributed by atoms with van der Waals surface area (Å²) in [7, 11) is -1.84. The van der Waals surface area contributed by atoms with Crippen LogP contribution in [0.25, 0.3) is 0 Å². The lowest BCUT2D eigenvalue weighted by molar-refractivity contribution is 0.394. The number of hydrogen-bond donors (Lipinski definition) is 1. The van der Waals surface area contributed by atoms with Crippen molar-refractivity contribution in [1.29, 1.82) is 0 Å². The van der Waals surface area contributed by atoms with E-state index in [-0.39, 0.29) is 10.9 Å². The van der Waals surface area contributed by atoms with Gasteiger partial charge in [0.15, 0.2) is 0 Å². The highest BCUT2D eigenvalue weighted by molar-refractivity contribution is 7.99. The first kappa shape index (κ1) is 15.1. The van der Waals surface area contributed by atoms with Crippen molar-refractivity contribution in [2.24, 2.45) is 5.73 Å². The molecule has 1 unspecified atom stereocenters. The number of hydrogen-bond acceptors (Lipinski definition) is 4. The highest BCUT2D eigenvalue weighted by Gasteiger charge is 2.30. The molecule has 19 heavy (non-hydrogen) atoms. The molecule has 106 valence electrons. The summed E-state index contributed by atoms with van der Waals surface area (Å²) < 4.78 is 26.5. The van der Waals surface area contributed by atoms with E-state index in [4.69, 9.17) is 17.3 Å². The second kappa shape index (κ2) is 6.01. The first-order valence-electron chi connectivity index (χ1n) is 6.01. The van der Waals surface area contributed by atoms with Gasteiger partial charge in [0.25, 0.3) is 0 Å². The van der Waals surface area contributed by atoms with E-state index in [1.54, 1.807) is 30.9 Å². The first-order chi connectivity index (χ1) is 8.96. The topological polar surface area (TPSA) is 63.4 Å². The highest BCUT2D eigenvalue weighted by Crippen LogP contribution is 2.28. The fourth-order valence-electron chi connectivity index (χ4n) is 2.03. The maximum atomic E-state index is 12.5. The van der Waals surface area contributed by atoms with Crippen LogP contribution in [0.15, 0.2) is 23.1 Å². The van der Waals surface area contributed by atoms with Gasteiger partial charge in [-0.25, -0.2) is 8.42 Å². The number of benzene rings is 1. The molecule has 0 aliphatic carbocycles. The number of halogens is 1. The molecule has 1 saturated heterocycles. The number of thioether (sulfide) groups is 1. The Morgan fingerprint density at radius 1 is 1.53 bits per heavy atom. The lowest BCUT2D eigenvalue weighted by atomic mass is 10.2. The third-order valence-corrected chi connectivity index (χ3v) is 6.74. The van der Waals surface area contributed by atoms with Gasteiger partial charge in [0, 0.05) is 30.4 Å². The number of rotatable bonds is 4. The maximum Gasteiger partial charge on any atom is 0.243 e. The molecule has 1 aliphatic rings. The van der Waals surface area contributed by atoms with Gasteiger partial charge in [-0.2, -0.15) is 16.1 Å². The smallest absolute Gasteiger partial charge is 0.243 e. The van der Waals surface area contributed by atoms with E-state index in [0.717, 1.165) is 23.5 Å². The Bertz CT molecular complexity index is 557. The fourth-order valence-corrected chi connectivity index (χ4v) is 5.12. The molecule has 1 fully saturated rings. The third kappa shape index (κ3) is 3.08. The molecule has 1 atom stereocenters. The SMILES string of the molecule is CN(C1CCSC1)S(=O)(=O)c1ccc(CN)c(Cl)c1. The van der Waals surface area contributed by atoms with Crippen LogP contribution in [-0.2, 0) is 16.6 Å². The molecule has 1 aromatic carbocycles. The summed E-state index contributed by atoms with van der Waals surface area (Å²) in [4.78, 5) is 0.231. The molecule has 0 amide bonds. The van der Waals surface area contributed by atoms with E-state index < -0.39 is 10.0 Å². The normalized spacial score (nSPS) is 20.1. The molecular formula is C12H17ClN2O2S2. The standard InChI is InChI=1S/C12H17ClN2O2S2/c1-15(10-4-5-18-8-10)19(16,17)11-3-2-9(7-14)12(13)6-11/h2-3,6,10H,4-5,7-8,14H2,1H3. The molecule has 2 rings (SSSR count). The van der Waals surface area contributed by atoms with Crippen molar-refractivity contribution in [3.8, 4) is 0 Å². The highest BCUT2D eigenvalue weighted by atomic mass is 35.5. The zero-order valence-corrected chi connectivity index (χ0v) is 13.1. The van der Waals surface area contributed by atoms with Gasteiger partial charge in [-0.15, -0.1) is 0 Å². The van der Waals surface area contributed by atoms with Crippen LogP contribution in [0.1, 0.15) is 12.0 Å². The molecule has 1 aromatic rings. The van der Waals surface area contributed by atoms with E-state index in [1.807, 2.05) is 0 Å². The third-order valence-electron chi connectivity index (χ3n) is 3.34. The molecule has 0 aromatic heterocycles. The van der Waals surface area contributed by atoms with Crippen LogP contribution in [0, 0.1) is 0 Å². The van der Waals surface area contributed by atoms with Crippen LogP contribution in [0.4, 0.5) is 0 Å². The van der Waals surface area contributed by atoms with Crippen molar-refractivity contribution < 1.29 is 8.42 Å². The van der Waals surface area contributed by atoms with E-state index >= 15 is 0 Å². The Balaban J connectivity index is 2.30. The lowest BCUT2D eigenvalue weighted by Gasteiger charge is -2.23. The zero-order chi connectivity index (χ0) is 14.0. The average Bonchev–Trinajstić information content (AvgIpc) is 2.91. The Hall–Kier alpha value is -0.270. The second-order valence-corrected chi connectivity index (χ2v) is 8.05. The van der Waals surface area contributed by atoms with Gasteiger partial charge in [-0.1, -0.05) is 17.7 Å². The average molecular weight is 321 g/mol. The van der Waals surface area contributed by atoms with Gasteiger partial charge in [0.2, 0.25) is 10.0 Å². The Labute approximate surface area is 123 Å². The molecule has 0 bridgehead atoms. The summed E-state index contributed by atoms with van der Waals surface area (Å²) in [6, 6.07) is 4.80. The zero-order valence-electron chi connectivity index (χ0n) is 10.7. The molecular weight excluding hydrogens is 304 g/mol. The Morgan fingerprint density at radius 2 is 2.26 bits per heavy atom. The number of nitrogens with zero attached hydrogens (tertiary/aromatic N) is 1. The van der Waals surface area contributed by atoms with Crippen molar-refractivity contribution in [2.45, 2.75) is 23.9 Å². The first-order valence-corrected chi connectivity index (χ1v) is 8.98. The molecule has 1 heterocycles. The number of nitrogens with two attached hydrogens (primary N) is 1. The van der Waals surface area contributed by atoms with Crippen molar-refractivity contribution in [3.05, 3.63) is 28.8 Å². The van der Waals surface area contributed by atoms with Crippen LogP contribution in [0.3, 0.4) is 0 Å². The summed E-state index contributed by atoms with van der Waals surface area (Å²) in [6.45, 7) is 0.300. The van der Waals surface area contributed by atoms with Gasteiger partial charge in [-0.3, -0.25) is 0 Å². The van der Waals surface area contributed by atoms with Gasteiger partial charge < -0.3 is 5.73 Å². The Kier molecular flexibility index (Phi) is 4.79. The molecule has 0 saturated carbocycles. The van der Waals surface area contributed by atoms with Gasteiger partial charge in [0.1, 0.15) is 0 Å². The summed E-state index contributed by atoms with van der Waals surface area (Å²) in [6.07, 6.45) is 0.898. The van der Waals surface area contributed by atoms with E-state index in [2.05, 4.69) is 0 Å². The largest absolute Gasteiger partial charge is 0.326 e. The monoisotopic (exact) mass is 320 g/mol. The van der Waals surface area contributed by atoms with Crippen molar-refractivity contribution in [2.75, 3.05) is 18.6 Å². The predicted octanol–water partition coefficient (Wildman–Crippen LogP) is 1.92. The van der Waals surface area contributed by atoms with Crippen LogP contribution in [0.2, 0.25) is 5.02 Å². The van der Waals surface area contributed by atoms with Gasteiger partial charge >= 0.3 is 0 Å². The minimum Gasteiger partial charge on any atom is -0.326 e. The second-order valence-electron chi connectivity index (χ2n) is 4.50. The lowest BCUT2D eigenvalue weighted by Crippen LogP contribution is -2.36. The van der Waals surface area contributed by atoms with Crippen LogP contribution in [0.5, 0.6) is 0 Å². The predicted molar refractivity (Wildman–Crippen MR) is 80.0 cm³/mol. The molecule has 0 radical (unpaired) electrons. The molecule has 4 nitrogen and oxygen atoms in total. The summed E-state index contributed by atoms with van der Waals surface area (Å²) in [5, 5.41) is 0.401. The molecule has 2 N–H and O–H groups in total. The summed E-state index contributed by atoms with van der Waals surface area (Å²) in [5.74, 6) is 1.86. The van der Waals surface area contributed by atoms with Crippen LogP contribution in [-0.4, -0.2) is 37.3 Å². The van der Waals surface area contributed by atoms with Crippen LogP contribution < -0.4 is 5.73 Å². The van der Waals surface area contributed by atoms with Gasteiger partial charge in [-0.05, 0) is 29.9 Å². The molecule has 0 spiro atoms. The molecule has 7 heteroatoms. The van der Waals surface area contributed by atoms with E-state index in [9.17, 15) is 8.42 Å². The minimum atomic E-state index is -3.48. The van der Waals surface area contributed by atoms with E-state index in [0.29, 0.717) is 11.6 Å². The van der Waals surface area contributed by atoms with Gasteiger partial charge in [0.05, 0.1) is 4.90 Å². The maximum absolute atomic E-state index is 12.5. The van der Waals surface area contributed by atoms with Crippen molar-refractivity contribution in [1.82, 2.24) is 4.31 Å². The fraction of sp³-hybridized carbons (Fsp3) is 0.500. The van der Waals surface area contributed by atoms with Crippen molar-refractivity contribution >= 4 is 33.4 Å². The van der Waals surface area contributed by atoms with Crippen molar-refractivity contribution in [3.63, 3.8) is 0 Å². The molecule has 1 aliphatic heterocycles.